The molecule has 1 heteroatoms. The van der Waals surface area contributed by atoms with Crippen molar-refractivity contribution >= 4 is 21.8 Å². The van der Waals surface area contributed by atoms with Crippen LogP contribution in [0.1, 0.15) is 18.4 Å². The minimum Gasteiger partial charge on any atom is -0.355 e. The van der Waals surface area contributed by atoms with Crippen molar-refractivity contribution < 1.29 is 0 Å². The van der Waals surface area contributed by atoms with Crippen molar-refractivity contribution in [3.8, 4) is 0 Å². The molecule has 0 bridgehead atoms. The van der Waals surface area contributed by atoms with Gasteiger partial charge in [-0.2, -0.15) is 0 Å². The number of para-hydroxylation sites is 1. The first-order chi connectivity index (χ1) is 8.29. The van der Waals surface area contributed by atoms with Crippen LogP contribution in [0.5, 0.6) is 0 Å². The van der Waals surface area contributed by atoms with Crippen LogP contribution in [-0.2, 0) is 0 Å². The van der Waals surface area contributed by atoms with Crippen molar-refractivity contribution in [1.82, 2.24) is 4.98 Å². The van der Waals surface area contributed by atoms with Gasteiger partial charge < -0.3 is 4.98 Å². The average Bonchev–Trinajstić information content (AvgIpc) is 2.75. The maximum Gasteiger partial charge on any atom is 0.0467 e. The molecule has 1 unspecified atom stereocenters. The number of rotatable bonds is 2. The number of allylic oxidation sites excluding steroid dienone is 1. The third kappa shape index (κ3) is 1.55. The number of nitrogens with one attached hydrogen (secondary N) is 1. The molecule has 1 aromatic heterocycles. The van der Waals surface area contributed by atoms with E-state index in [4.69, 9.17) is 0 Å². The topological polar surface area (TPSA) is 15.8 Å². The van der Waals surface area contributed by atoms with Crippen LogP contribution in [0.4, 0.5) is 0 Å². The second kappa shape index (κ2) is 3.77. The third-order valence-corrected chi connectivity index (χ3v) is 3.41. The first-order valence-electron chi connectivity index (χ1n) is 5.92. The first-order valence-corrected chi connectivity index (χ1v) is 5.92. The Labute approximate surface area is 101 Å². The van der Waals surface area contributed by atoms with Crippen LogP contribution in [0.3, 0.4) is 0 Å². The van der Waals surface area contributed by atoms with Gasteiger partial charge in [0.25, 0.3) is 0 Å². The number of aromatic nitrogens is 1. The van der Waals surface area contributed by atoms with Gasteiger partial charge in [-0.1, -0.05) is 43.3 Å². The molecule has 17 heavy (non-hydrogen) atoms. The van der Waals surface area contributed by atoms with Crippen LogP contribution in [-0.4, -0.2) is 4.98 Å². The van der Waals surface area contributed by atoms with Crippen molar-refractivity contribution in [2.45, 2.75) is 12.8 Å². The van der Waals surface area contributed by atoms with E-state index in [9.17, 15) is 0 Å². The van der Waals surface area contributed by atoms with Gasteiger partial charge in [-0.3, -0.25) is 0 Å². The lowest BCUT2D eigenvalue weighted by Gasteiger charge is -2.05. The number of benzene rings is 2. The zero-order valence-electron chi connectivity index (χ0n) is 9.90. The standard InChI is InChI=1S/C16H15N/c1-3-11(2)12-8-9-14-13-6-4-5-7-15(13)17-16(14)10-12/h3-11,17H,1H2,2H3. The summed E-state index contributed by atoms with van der Waals surface area (Å²) in [5.41, 5.74) is 3.71. The van der Waals surface area contributed by atoms with Crippen LogP contribution in [0.25, 0.3) is 21.8 Å². The lowest BCUT2D eigenvalue weighted by Crippen LogP contribution is -1.87. The van der Waals surface area contributed by atoms with Gasteiger partial charge in [0.15, 0.2) is 0 Å². The quantitative estimate of drug-likeness (QED) is 0.608. The zero-order valence-corrected chi connectivity index (χ0v) is 9.90. The van der Waals surface area contributed by atoms with Gasteiger partial charge in [0.1, 0.15) is 0 Å². The molecule has 1 nitrogen and oxygen atoms in total. The average molecular weight is 221 g/mol. The molecule has 0 aliphatic rings. The minimum absolute atomic E-state index is 0.394. The Hall–Kier alpha value is -2.02. The van der Waals surface area contributed by atoms with Crippen molar-refractivity contribution in [3.63, 3.8) is 0 Å². The number of hydrogen-bond acceptors (Lipinski definition) is 0. The summed E-state index contributed by atoms with van der Waals surface area (Å²) in [6, 6.07) is 15.0. The summed E-state index contributed by atoms with van der Waals surface area (Å²) in [5, 5.41) is 2.58. The van der Waals surface area contributed by atoms with Gasteiger partial charge in [-0.15, -0.1) is 6.58 Å². The number of H-pyrrole nitrogens is 1. The predicted molar refractivity (Wildman–Crippen MR) is 74.4 cm³/mol. The summed E-state index contributed by atoms with van der Waals surface area (Å²) in [7, 11) is 0. The highest BCUT2D eigenvalue weighted by Gasteiger charge is 2.06. The van der Waals surface area contributed by atoms with Gasteiger partial charge in [0.05, 0.1) is 0 Å². The molecule has 1 heterocycles. The monoisotopic (exact) mass is 221 g/mol. The lowest BCUT2D eigenvalue weighted by atomic mass is 10.00. The van der Waals surface area contributed by atoms with Crippen molar-refractivity contribution in [1.29, 1.82) is 0 Å². The van der Waals surface area contributed by atoms with Crippen LogP contribution < -0.4 is 0 Å². The SMILES string of the molecule is C=CC(C)c1ccc2c(c1)[nH]c1ccccc12. The van der Waals surface area contributed by atoms with Gasteiger partial charge in [-0.05, 0) is 23.6 Å². The maximum absolute atomic E-state index is 3.85. The fraction of sp³-hybridized carbons (Fsp3) is 0.125. The van der Waals surface area contributed by atoms with E-state index < -0.39 is 0 Å². The number of fused-ring (bicyclic) bond motifs is 3. The molecule has 0 saturated heterocycles. The fourth-order valence-corrected chi connectivity index (χ4v) is 2.29. The molecular weight excluding hydrogens is 206 g/mol. The summed E-state index contributed by atoms with van der Waals surface area (Å²) in [4.78, 5) is 3.46. The molecule has 1 atom stereocenters. The van der Waals surface area contributed by atoms with E-state index >= 15 is 0 Å². The van der Waals surface area contributed by atoms with E-state index in [1.54, 1.807) is 0 Å². The predicted octanol–water partition coefficient (Wildman–Crippen LogP) is 4.61. The van der Waals surface area contributed by atoms with Gasteiger partial charge in [0, 0.05) is 21.8 Å². The Kier molecular flexibility index (Phi) is 2.25. The van der Waals surface area contributed by atoms with E-state index in [-0.39, 0.29) is 0 Å². The van der Waals surface area contributed by atoms with E-state index in [0.717, 1.165) is 0 Å². The molecule has 0 amide bonds. The molecule has 0 aliphatic carbocycles. The molecule has 2 aromatic carbocycles. The Morgan fingerprint density at radius 2 is 1.82 bits per heavy atom. The molecule has 0 radical (unpaired) electrons. The molecule has 84 valence electrons. The summed E-state index contributed by atoms with van der Waals surface area (Å²) in [6.45, 7) is 6.01. The second-order valence-electron chi connectivity index (χ2n) is 4.50. The lowest BCUT2D eigenvalue weighted by molar-refractivity contribution is 0.974. The molecule has 0 saturated carbocycles. The fourth-order valence-electron chi connectivity index (χ4n) is 2.29. The van der Waals surface area contributed by atoms with Crippen molar-refractivity contribution in [2.24, 2.45) is 0 Å². The van der Waals surface area contributed by atoms with Crippen molar-refractivity contribution in [3.05, 3.63) is 60.7 Å². The highest BCUT2D eigenvalue weighted by molar-refractivity contribution is 6.07. The second-order valence-corrected chi connectivity index (χ2v) is 4.50. The third-order valence-electron chi connectivity index (χ3n) is 3.41. The molecule has 3 aromatic rings. The van der Waals surface area contributed by atoms with Crippen LogP contribution in [0, 0.1) is 0 Å². The summed E-state index contributed by atoms with van der Waals surface area (Å²) >= 11 is 0. The van der Waals surface area contributed by atoms with Gasteiger partial charge in [0.2, 0.25) is 0 Å². The highest BCUT2D eigenvalue weighted by atomic mass is 14.7. The normalized spacial score (nSPS) is 13.0. The Bertz CT molecular complexity index is 691. The summed E-state index contributed by atoms with van der Waals surface area (Å²) < 4.78 is 0. The van der Waals surface area contributed by atoms with Gasteiger partial charge >= 0.3 is 0 Å². The van der Waals surface area contributed by atoms with Crippen LogP contribution >= 0.6 is 0 Å². The Balaban J connectivity index is 2.30. The molecule has 0 spiro atoms. The van der Waals surface area contributed by atoms with E-state index in [0.29, 0.717) is 5.92 Å². The first kappa shape index (κ1) is 10.2. The summed E-state index contributed by atoms with van der Waals surface area (Å²) in [5.74, 6) is 0.394. The minimum atomic E-state index is 0.394. The Morgan fingerprint density at radius 1 is 1.06 bits per heavy atom. The van der Waals surface area contributed by atoms with E-state index in [2.05, 4.69) is 61.0 Å². The van der Waals surface area contributed by atoms with Crippen LogP contribution in [0.2, 0.25) is 0 Å². The smallest absolute Gasteiger partial charge is 0.0467 e. The van der Waals surface area contributed by atoms with E-state index in [1.165, 1.54) is 27.4 Å². The van der Waals surface area contributed by atoms with Crippen molar-refractivity contribution in [2.75, 3.05) is 0 Å². The zero-order chi connectivity index (χ0) is 11.8. The molecule has 3 rings (SSSR count). The van der Waals surface area contributed by atoms with Gasteiger partial charge in [-0.25, -0.2) is 0 Å². The van der Waals surface area contributed by atoms with Crippen LogP contribution in [0.15, 0.2) is 55.1 Å². The number of aromatic amines is 1. The largest absolute Gasteiger partial charge is 0.355 e. The highest BCUT2D eigenvalue weighted by Crippen LogP contribution is 2.28. The van der Waals surface area contributed by atoms with E-state index in [1.807, 2.05) is 6.08 Å². The number of hydrogen-bond donors (Lipinski definition) is 1. The molecule has 1 N–H and O–H groups in total. The molecule has 0 fully saturated rings. The maximum atomic E-state index is 3.85. The summed E-state index contributed by atoms with van der Waals surface area (Å²) in [6.07, 6.45) is 1.98. The molecule has 0 aliphatic heterocycles. The molecular formula is C16H15N. The Morgan fingerprint density at radius 3 is 2.65 bits per heavy atom.